The second kappa shape index (κ2) is 10.6. The highest BCUT2D eigenvalue weighted by Gasteiger charge is 2.06. The van der Waals surface area contributed by atoms with Crippen molar-refractivity contribution in [2.24, 2.45) is 10.9 Å². The summed E-state index contributed by atoms with van der Waals surface area (Å²) in [6.45, 7) is 9.69. The fraction of sp³-hybridized carbons (Fsp3) is 0.500. The van der Waals surface area contributed by atoms with E-state index in [0.29, 0.717) is 19.0 Å². The van der Waals surface area contributed by atoms with Crippen LogP contribution in [0.15, 0.2) is 34.2 Å². The van der Waals surface area contributed by atoms with Gasteiger partial charge >= 0.3 is 0 Å². The molecule has 128 valence electrons. The monoisotopic (exact) mass is 447 g/mol. The van der Waals surface area contributed by atoms with Gasteiger partial charge in [-0.05, 0) is 35.2 Å². The number of guanidine groups is 1. The Bertz CT molecular complexity index is 577. The molecule has 0 saturated heterocycles. The zero-order valence-electron chi connectivity index (χ0n) is 14.0. The average Bonchev–Trinajstić information content (AvgIpc) is 3.13. The van der Waals surface area contributed by atoms with Gasteiger partial charge in [0.15, 0.2) is 5.96 Å². The zero-order chi connectivity index (χ0) is 15.8. The molecule has 0 radical (unpaired) electrons. The summed E-state index contributed by atoms with van der Waals surface area (Å²) in [5.74, 6) is 2.47. The Morgan fingerprint density at radius 2 is 2.22 bits per heavy atom. The Morgan fingerprint density at radius 3 is 2.87 bits per heavy atom. The molecule has 23 heavy (non-hydrogen) atoms. The number of aliphatic imine (C=N–C) groups is 1. The minimum atomic E-state index is 0. The maximum atomic E-state index is 4.61. The molecule has 2 aromatic heterocycles. The van der Waals surface area contributed by atoms with Crippen LogP contribution < -0.4 is 10.6 Å². The van der Waals surface area contributed by atoms with Gasteiger partial charge in [0.25, 0.3) is 0 Å². The average molecular weight is 447 g/mol. The maximum Gasteiger partial charge on any atom is 0.191 e. The van der Waals surface area contributed by atoms with Crippen LogP contribution in [0.4, 0.5) is 0 Å². The predicted molar refractivity (Wildman–Crippen MR) is 108 cm³/mol. The second-order valence-electron chi connectivity index (χ2n) is 5.57. The summed E-state index contributed by atoms with van der Waals surface area (Å²) < 4.78 is 2.19. The van der Waals surface area contributed by atoms with Crippen molar-refractivity contribution >= 4 is 41.3 Å². The molecular weight excluding hydrogens is 421 g/mol. The fourth-order valence-corrected chi connectivity index (χ4v) is 2.78. The lowest BCUT2D eigenvalue weighted by Gasteiger charge is -2.13. The highest BCUT2D eigenvalue weighted by atomic mass is 127. The number of imidazole rings is 1. The summed E-state index contributed by atoms with van der Waals surface area (Å²) in [5.41, 5.74) is 1.24. The minimum absolute atomic E-state index is 0. The molecule has 0 aliphatic carbocycles. The van der Waals surface area contributed by atoms with Gasteiger partial charge in [0.2, 0.25) is 0 Å². The van der Waals surface area contributed by atoms with Gasteiger partial charge in [-0.2, -0.15) is 11.3 Å². The molecule has 0 fully saturated rings. The first kappa shape index (κ1) is 20.0. The zero-order valence-corrected chi connectivity index (χ0v) is 17.1. The third-order valence-electron chi connectivity index (χ3n) is 3.12. The number of hydrogen-bond acceptors (Lipinski definition) is 3. The van der Waals surface area contributed by atoms with E-state index in [1.54, 1.807) is 11.3 Å². The van der Waals surface area contributed by atoms with E-state index in [0.717, 1.165) is 24.9 Å². The number of rotatable bonds is 7. The van der Waals surface area contributed by atoms with Gasteiger partial charge in [-0.15, -0.1) is 24.0 Å². The van der Waals surface area contributed by atoms with Crippen LogP contribution >= 0.6 is 35.3 Å². The van der Waals surface area contributed by atoms with Crippen LogP contribution in [0, 0.1) is 5.92 Å². The largest absolute Gasteiger partial charge is 0.357 e. The first-order valence-corrected chi connectivity index (χ1v) is 8.66. The SMILES string of the molecule is CCNC(=NCc1ccsc1)NCc1nccn1CC(C)C.I. The molecule has 0 saturated carbocycles. The Balaban J connectivity index is 0.00000264. The standard InChI is InChI=1S/C16H25N5S.HI/c1-4-17-16(19-9-14-5-8-22-12-14)20-10-15-18-6-7-21(15)11-13(2)3;/h5-8,12-13H,4,9-11H2,1-3H3,(H2,17,19,20);1H. The number of halogens is 1. The van der Waals surface area contributed by atoms with E-state index in [1.165, 1.54) is 5.56 Å². The maximum absolute atomic E-state index is 4.61. The molecule has 2 N–H and O–H groups in total. The summed E-state index contributed by atoms with van der Waals surface area (Å²) in [7, 11) is 0. The number of nitrogens with zero attached hydrogens (tertiary/aromatic N) is 3. The molecule has 0 amide bonds. The summed E-state index contributed by atoms with van der Waals surface area (Å²) in [4.78, 5) is 9.04. The Hall–Kier alpha value is -1.09. The third-order valence-corrected chi connectivity index (χ3v) is 3.85. The molecule has 2 rings (SSSR count). The van der Waals surface area contributed by atoms with Crippen LogP contribution in [0.1, 0.15) is 32.2 Å². The van der Waals surface area contributed by atoms with Gasteiger partial charge in [-0.1, -0.05) is 13.8 Å². The number of thiophene rings is 1. The molecule has 0 aliphatic heterocycles. The van der Waals surface area contributed by atoms with Gasteiger partial charge in [-0.25, -0.2) is 9.98 Å². The van der Waals surface area contributed by atoms with Gasteiger partial charge in [-0.3, -0.25) is 0 Å². The molecule has 0 spiro atoms. The molecule has 0 unspecified atom stereocenters. The van der Waals surface area contributed by atoms with Crippen molar-refractivity contribution < 1.29 is 0 Å². The van der Waals surface area contributed by atoms with Crippen LogP contribution in [-0.2, 0) is 19.6 Å². The van der Waals surface area contributed by atoms with E-state index in [1.807, 2.05) is 12.4 Å². The molecule has 0 bridgehead atoms. The quantitative estimate of drug-likeness (QED) is 0.388. The highest BCUT2D eigenvalue weighted by Crippen LogP contribution is 2.07. The van der Waals surface area contributed by atoms with E-state index in [4.69, 9.17) is 0 Å². The van der Waals surface area contributed by atoms with Crippen molar-refractivity contribution in [3.63, 3.8) is 0 Å². The number of aromatic nitrogens is 2. The van der Waals surface area contributed by atoms with Gasteiger partial charge in [0.1, 0.15) is 5.82 Å². The van der Waals surface area contributed by atoms with E-state index in [-0.39, 0.29) is 24.0 Å². The molecule has 7 heteroatoms. The first-order valence-electron chi connectivity index (χ1n) is 7.72. The van der Waals surface area contributed by atoms with Gasteiger partial charge < -0.3 is 15.2 Å². The summed E-state index contributed by atoms with van der Waals surface area (Å²) in [5, 5.41) is 10.8. The normalized spacial score (nSPS) is 11.4. The lowest BCUT2D eigenvalue weighted by molar-refractivity contribution is 0.503. The van der Waals surface area contributed by atoms with Crippen molar-refractivity contribution in [3.8, 4) is 0 Å². The molecule has 0 aliphatic rings. The molecule has 0 atom stereocenters. The third kappa shape index (κ3) is 6.90. The summed E-state index contributed by atoms with van der Waals surface area (Å²) >= 11 is 1.70. The Kier molecular flexibility index (Phi) is 9.23. The topological polar surface area (TPSA) is 54.2 Å². The van der Waals surface area contributed by atoms with Gasteiger partial charge in [0, 0.05) is 25.5 Å². The second-order valence-corrected chi connectivity index (χ2v) is 6.35. The van der Waals surface area contributed by atoms with Crippen LogP contribution in [0.2, 0.25) is 0 Å². The van der Waals surface area contributed by atoms with E-state index >= 15 is 0 Å². The fourth-order valence-electron chi connectivity index (χ4n) is 2.12. The van der Waals surface area contributed by atoms with E-state index in [9.17, 15) is 0 Å². The lowest BCUT2D eigenvalue weighted by Crippen LogP contribution is -2.37. The van der Waals surface area contributed by atoms with Crippen molar-refractivity contribution in [1.29, 1.82) is 0 Å². The van der Waals surface area contributed by atoms with Crippen molar-refractivity contribution in [1.82, 2.24) is 20.2 Å². The van der Waals surface area contributed by atoms with Crippen LogP contribution in [0.3, 0.4) is 0 Å². The van der Waals surface area contributed by atoms with Crippen molar-refractivity contribution in [3.05, 3.63) is 40.6 Å². The van der Waals surface area contributed by atoms with Crippen LogP contribution in [-0.4, -0.2) is 22.1 Å². The Labute approximate surface area is 159 Å². The molecular formula is C16H26IN5S. The Morgan fingerprint density at radius 1 is 1.39 bits per heavy atom. The highest BCUT2D eigenvalue weighted by molar-refractivity contribution is 14.0. The first-order chi connectivity index (χ1) is 10.7. The molecule has 5 nitrogen and oxygen atoms in total. The molecule has 2 aromatic rings. The van der Waals surface area contributed by atoms with E-state index < -0.39 is 0 Å². The van der Waals surface area contributed by atoms with Crippen molar-refractivity contribution in [2.75, 3.05) is 6.54 Å². The van der Waals surface area contributed by atoms with Crippen LogP contribution in [0.25, 0.3) is 0 Å². The van der Waals surface area contributed by atoms with Crippen LogP contribution in [0.5, 0.6) is 0 Å². The minimum Gasteiger partial charge on any atom is -0.357 e. The van der Waals surface area contributed by atoms with E-state index in [2.05, 4.69) is 62.8 Å². The number of nitrogens with one attached hydrogen (secondary N) is 2. The molecule has 0 aromatic carbocycles. The van der Waals surface area contributed by atoms with Crippen molar-refractivity contribution in [2.45, 2.75) is 40.4 Å². The smallest absolute Gasteiger partial charge is 0.191 e. The van der Waals surface area contributed by atoms with Gasteiger partial charge in [0.05, 0.1) is 13.1 Å². The number of hydrogen-bond donors (Lipinski definition) is 2. The predicted octanol–water partition coefficient (Wildman–Crippen LogP) is 3.47. The molecule has 2 heterocycles. The summed E-state index contributed by atoms with van der Waals surface area (Å²) in [6, 6.07) is 2.10. The summed E-state index contributed by atoms with van der Waals surface area (Å²) in [6.07, 6.45) is 3.89. The lowest BCUT2D eigenvalue weighted by atomic mass is 10.2.